The molecule has 0 unspecified atom stereocenters. The Morgan fingerprint density at radius 2 is 2.04 bits per heavy atom. The van der Waals surface area contributed by atoms with Gasteiger partial charge in [-0.2, -0.15) is 5.26 Å². The van der Waals surface area contributed by atoms with E-state index in [0.717, 1.165) is 0 Å². The van der Waals surface area contributed by atoms with Crippen LogP contribution in [0.5, 0.6) is 11.5 Å². The average molecular weight is 319 g/mol. The molecule has 7 heteroatoms. The molecule has 2 amide bonds. The molecule has 0 spiro atoms. The van der Waals surface area contributed by atoms with Crippen LogP contribution in [0.3, 0.4) is 0 Å². The maximum atomic E-state index is 11.7. The molecule has 3 N–H and O–H groups in total. The number of amides is 2. The summed E-state index contributed by atoms with van der Waals surface area (Å²) in [4.78, 5) is 22.9. The van der Waals surface area contributed by atoms with Crippen LogP contribution in [0.25, 0.3) is 0 Å². The first kappa shape index (κ1) is 18.3. The molecular formula is C16H21N3O4. The van der Waals surface area contributed by atoms with Crippen molar-refractivity contribution in [1.82, 2.24) is 5.32 Å². The molecule has 0 heterocycles. The number of carbonyl (C=O) groups excluding carboxylic acids is 2. The number of benzene rings is 1. The van der Waals surface area contributed by atoms with Crippen molar-refractivity contribution in [2.45, 2.75) is 32.2 Å². The second kappa shape index (κ2) is 8.03. The van der Waals surface area contributed by atoms with Gasteiger partial charge in [-0.05, 0) is 32.4 Å². The number of methoxy groups -OCH3 is 1. The van der Waals surface area contributed by atoms with Crippen molar-refractivity contribution in [1.29, 1.82) is 5.26 Å². The Hall–Kier alpha value is -2.75. The SMILES string of the molecule is COc1cc(C#N)ccc1OCCCC(=O)NC(C)(C)C(N)=O. The first-order valence-corrected chi connectivity index (χ1v) is 7.12. The summed E-state index contributed by atoms with van der Waals surface area (Å²) in [5.74, 6) is 0.0985. The van der Waals surface area contributed by atoms with Gasteiger partial charge in [0.15, 0.2) is 11.5 Å². The lowest BCUT2D eigenvalue weighted by Gasteiger charge is -2.22. The fourth-order valence-corrected chi connectivity index (χ4v) is 1.74. The minimum atomic E-state index is -1.08. The topological polar surface area (TPSA) is 114 Å². The van der Waals surface area contributed by atoms with Gasteiger partial charge in [-0.3, -0.25) is 9.59 Å². The van der Waals surface area contributed by atoms with E-state index in [1.165, 1.54) is 7.11 Å². The first-order valence-electron chi connectivity index (χ1n) is 7.12. The summed E-state index contributed by atoms with van der Waals surface area (Å²) in [5.41, 5.74) is 4.59. The van der Waals surface area contributed by atoms with E-state index in [9.17, 15) is 9.59 Å². The number of ether oxygens (including phenoxy) is 2. The Balaban J connectivity index is 2.45. The van der Waals surface area contributed by atoms with Crippen LogP contribution in [0.15, 0.2) is 18.2 Å². The van der Waals surface area contributed by atoms with E-state index in [1.54, 1.807) is 32.0 Å². The van der Waals surface area contributed by atoms with E-state index in [-0.39, 0.29) is 12.3 Å². The minimum absolute atomic E-state index is 0.204. The zero-order valence-electron chi connectivity index (χ0n) is 13.5. The van der Waals surface area contributed by atoms with Crippen molar-refractivity contribution < 1.29 is 19.1 Å². The van der Waals surface area contributed by atoms with Gasteiger partial charge in [0, 0.05) is 12.5 Å². The summed E-state index contributed by atoms with van der Waals surface area (Å²) >= 11 is 0. The quantitative estimate of drug-likeness (QED) is 0.696. The molecule has 0 radical (unpaired) electrons. The number of primary amides is 1. The molecule has 0 aliphatic carbocycles. The van der Waals surface area contributed by atoms with Gasteiger partial charge in [0.2, 0.25) is 11.8 Å². The van der Waals surface area contributed by atoms with Gasteiger partial charge < -0.3 is 20.5 Å². The second-order valence-corrected chi connectivity index (χ2v) is 5.47. The molecule has 0 saturated heterocycles. The molecule has 0 saturated carbocycles. The number of carbonyl (C=O) groups is 2. The summed E-state index contributed by atoms with van der Waals surface area (Å²) in [7, 11) is 1.49. The van der Waals surface area contributed by atoms with Crippen LogP contribution in [-0.4, -0.2) is 31.1 Å². The summed E-state index contributed by atoms with van der Waals surface area (Å²) in [6, 6.07) is 6.87. The maximum Gasteiger partial charge on any atom is 0.242 e. The van der Waals surface area contributed by atoms with E-state index < -0.39 is 11.4 Å². The normalized spacial score (nSPS) is 10.5. The van der Waals surface area contributed by atoms with Crippen LogP contribution in [-0.2, 0) is 9.59 Å². The van der Waals surface area contributed by atoms with Crippen molar-refractivity contribution in [3.8, 4) is 17.6 Å². The van der Waals surface area contributed by atoms with Gasteiger partial charge in [0.25, 0.3) is 0 Å². The molecule has 23 heavy (non-hydrogen) atoms. The van der Waals surface area contributed by atoms with Crippen LogP contribution in [0, 0.1) is 11.3 Å². The van der Waals surface area contributed by atoms with E-state index >= 15 is 0 Å². The zero-order chi connectivity index (χ0) is 17.5. The lowest BCUT2D eigenvalue weighted by atomic mass is 10.0. The minimum Gasteiger partial charge on any atom is -0.493 e. The van der Waals surface area contributed by atoms with Crippen molar-refractivity contribution in [3.05, 3.63) is 23.8 Å². The Labute approximate surface area is 135 Å². The number of nitrogens with one attached hydrogen (secondary N) is 1. The van der Waals surface area contributed by atoms with Gasteiger partial charge in [0.1, 0.15) is 5.54 Å². The predicted octanol–water partition coefficient (Wildman–Crippen LogP) is 1.11. The molecule has 0 atom stereocenters. The molecule has 124 valence electrons. The van der Waals surface area contributed by atoms with E-state index in [1.807, 2.05) is 6.07 Å². The Morgan fingerprint density at radius 3 is 2.61 bits per heavy atom. The summed E-state index contributed by atoms with van der Waals surface area (Å²) < 4.78 is 10.7. The Bertz CT molecular complexity index is 620. The first-order chi connectivity index (χ1) is 10.8. The van der Waals surface area contributed by atoms with E-state index in [0.29, 0.717) is 30.1 Å². The summed E-state index contributed by atoms with van der Waals surface area (Å²) in [5, 5.41) is 11.4. The summed E-state index contributed by atoms with van der Waals surface area (Å²) in [6.07, 6.45) is 0.666. The highest BCUT2D eigenvalue weighted by molar-refractivity contribution is 5.89. The molecular weight excluding hydrogens is 298 g/mol. The van der Waals surface area contributed by atoms with Crippen molar-refractivity contribution in [3.63, 3.8) is 0 Å². The van der Waals surface area contributed by atoms with Gasteiger partial charge >= 0.3 is 0 Å². The fraction of sp³-hybridized carbons (Fsp3) is 0.438. The lowest BCUT2D eigenvalue weighted by molar-refractivity contribution is -0.130. The molecule has 0 aliphatic rings. The monoisotopic (exact) mass is 319 g/mol. The predicted molar refractivity (Wildman–Crippen MR) is 83.9 cm³/mol. The molecule has 1 aromatic carbocycles. The number of nitrogens with two attached hydrogens (primary N) is 1. The van der Waals surface area contributed by atoms with Gasteiger partial charge in [-0.1, -0.05) is 0 Å². The number of nitrogens with zero attached hydrogens (tertiary/aromatic N) is 1. The van der Waals surface area contributed by atoms with Crippen LogP contribution < -0.4 is 20.5 Å². The van der Waals surface area contributed by atoms with E-state index in [4.69, 9.17) is 20.5 Å². The van der Waals surface area contributed by atoms with Crippen molar-refractivity contribution in [2.24, 2.45) is 5.73 Å². The standard InChI is InChI=1S/C16H21N3O4/c1-16(2,15(18)21)19-14(20)5-4-8-23-12-7-6-11(10-17)9-13(12)22-3/h6-7,9H,4-5,8H2,1-3H3,(H2,18,21)(H,19,20). The van der Waals surface area contributed by atoms with Crippen molar-refractivity contribution in [2.75, 3.05) is 13.7 Å². The third-order valence-electron chi connectivity index (χ3n) is 3.17. The highest BCUT2D eigenvalue weighted by Gasteiger charge is 2.26. The molecule has 0 aromatic heterocycles. The third-order valence-corrected chi connectivity index (χ3v) is 3.17. The molecule has 7 nitrogen and oxygen atoms in total. The van der Waals surface area contributed by atoms with Gasteiger partial charge in [0.05, 0.1) is 25.3 Å². The fourth-order valence-electron chi connectivity index (χ4n) is 1.74. The van der Waals surface area contributed by atoms with Gasteiger partial charge in [-0.15, -0.1) is 0 Å². The van der Waals surface area contributed by atoms with Crippen LogP contribution in [0.1, 0.15) is 32.3 Å². The number of nitriles is 1. The highest BCUT2D eigenvalue weighted by Crippen LogP contribution is 2.27. The highest BCUT2D eigenvalue weighted by atomic mass is 16.5. The lowest BCUT2D eigenvalue weighted by Crippen LogP contribution is -2.53. The van der Waals surface area contributed by atoms with Crippen LogP contribution >= 0.6 is 0 Å². The summed E-state index contributed by atoms with van der Waals surface area (Å²) in [6.45, 7) is 3.39. The Kier molecular flexibility index (Phi) is 6.39. The molecule has 0 fully saturated rings. The smallest absolute Gasteiger partial charge is 0.242 e. The van der Waals surface area contributed by atoms with Crippen LogP contribution in [0.4, 0.5) is 0 Å². The number of hydrogen-bond donors (Lipinski definition) is 2. The van der Waals surface area contributed by atoms with Gasteiger partial charge in [-0.25, -0.2) is 0 Å². The molecule has 0 aliphatic heterocycles. The largest absolute Gasteiger partial charge is 0.493 e. The van der Waals surface area contributed by atoms with Crippen LogP contribution in [0.2, 0.25) is 0 Å². The van der Waals surface area contributed by atoms with Crippen molar-refractivity contribution >= 4 is 11.8 Å². The third kappa shape index (κ3) is 5.51. The maximum absolute atomic E-state index is 11.7. The Morgan fingerprint density at radius 1 is 1.35 bits per heavy atom. The molecule has 1 rings (SSSR count). The molecule has 1 aromatic rings. The average Bonchev–Trinajstić information content (AvgIpc) is 2.50. The number of hydrogen-bond acceptors (Lipinski definition) is 5. The van der Waals surface area contributed by atoms with E-state index in [2.05, 4.69) is 5.32 Å². The molecule has 0 bridgehead atoms. The number of rotatable bonds is 8. The zero-order valence-corrected chi connectivity index (χ0v) is 13.5. The second-order valence-electron chi connectivity index (χ2n) is 5.47.